The van der Waals surface area contributed by atoms with Gasteiger partial charge in [-0.2, -0.15) is 5.26 Å². The van der Waals surface area contributed by atoms with Crippen LogP contribution in [0.1, 0.15) is 74.5 Å². The summed E-state index contributed by atoms with van der Waals surface area (Å²) < 4.78 is 51.6. The summed E-state index contributed by atoms with van der Waals surface area (Å²) in [7, 11) is -3.65. The Morgan fingerprint density at radius 2 is 1.86 bits per heavy atom. The number of piperidine rings is 1. The molecule has 1 unspecified atom stereocenters. The highest BCUT2D eigenvalue weighted by Crippen LogP contribution is 2.46. The maximum absolute atomic E-state index is 13.9. The summed E-state index contributed by atoms with van der Waals surface area (Å²) in [5, 5.41) is 8.86. The summed E-state index contributed by atoms with van der Waals surface area (Å²) in [5.41, 5.74) is 0.412. The van der Waals surface area contributed by atoms with Gasteiger partial charge in [-0.25, -0.2) is 12.8 Å². The van der Waals surface area contributed by atoms with Gasteiger partial charge in [0.2, 0.25) is 0 Å². The monoisotopic (exact) mass is 514 g/mol. The second-order valence-corrected chi connectivity index (χ2v) is 12.5. The number of carbonyl (C=O) groups excluding carboxylic acids is 1. The van der Waals surface area contributed by atoms with Crippen molar-refractivity contribution in [3.63, 3.8) is 0 Å². The normalized spacial score (nSPS) is 19.2. The molecule has 2 aliphatic rings. The van der Waals surface area contributed by atoms with Crippen molar-refractivity contribution in [3.05, 3.63) is 58.9 Å². The van der Waals surface area contributed by atoms with Crippen molar-refractivity contribution in [3.8, 4) is 11.8 Å². The summed E-state index contributed by atoms with van der Waals surface area (Å²) in [5.74, 6) is 0.00631. The quantitative estimate of drug-likeness (QED) is 0.569. The largest absolute Gasteiger partial charge is 0.487 e. The van der Waals surface area contributed by atoms with E-state index in [0.29, 0.717) is 43.7 Å². The van der Waals surface area contributed by atoms with Crippen molar-refractivity contribution in [2.45, 2.75) is 74.9 Å². The van der Waals surface area contributed by atoms with Gasteiger partial charge in [-0.15, -0.1) is 0 Å². The molecule has 0 bridgehead atoms. The summed E-state index contributed by atoms with van der Waals surface area (Å²) in [6, 6.07) is 10.6. The van der Waals surface area contributed by atoms with E-state index in [9.17, 15) is 22.9 Å². The molecule has 2 aromatic carbocycles. The van der Waals surface area contributed by atoms with Crippen molar-refractivity contribution < 1.29 is 27.1 Å². The number of nitrogens with zero attached hydrogens (tertiary/aromatic N) is 2. The number of nitriles is 1. The number of carbonyl (C=O) groups is 1. The lowest BCUT2D eigenvalue weighted by Gasteiger charge is -2.47. The molecule has 0 aliphatic carbocycles. The van der Waals surface area contributed by atoms with Crippen molar-refractivity contribution in [2.24, 2.45) is 0 Å². The minimum atomic E-state index is -3.65. The second kappa shape index (κ2) is 9.83. The average molecular weight is 515 g/mol. The highest BCUT2D eigenvalue weighted by molar-refractivity contribution is 7.92. The van der Waals surface area contributed by atoms with Crippen molar-refractivity contribution in [1.82, 2.24) is 4.90 Å². The molecule has 2 aliphatic heterocycles. The molecular weight excluding hydrogens is 483 g/mol. The van der Waals surface area contributed by atoms with Crippen LogP contribution in [0.25, 0.3) is 0 Å². The number of rotatable bonds is 5. The zero-order valence-corrected chi connectivity index (χ0v) is 21.8. The van der Waals surface area contributed by atoms with Crippen LogP contribution < -0.4 is 4.74 Å². The molecule has 0 radical (unpaired) electrons. The molecule has 1 amide bonds. The fourth-order valence-corrected chi connectivity index (χ4v) is 6.07. The zero-order valence-electron chi connectivity index (χ0n) is 21.0. The van der Waals surface area contributed by atoms with Gasteiger partial charge in [0.05, 0.1) is 27.9 Å². The van der Waals surface area contributed by atoms with E-state index in [4.69, 9.17) is 9.47 Å². The first-order valence-electron chi connectivity index (χ1n) is 12.2. The molecule has 7 nitrogen and oxygen atoms in total. The lowest BCUT2D eigenvalue weighted by molar-refractivity contribution is -0.0873. The van der Waals surface area contributed by atoms with Gasteiger partial charge in [0.15, 0.2) is 9.84 Å². The molecule has 0 aromatic heterocycles. The molecule has 1 saturated heterocycles. The summed E-state index contributed by atoms with van der Waals surface area (Å²) in [6.45, 7) is 7.84. The third-order valence-electron chi connectivity index (χ3n) is 6.87. The maximum atomic E-state index is 13.9. The number of fused-ring (bicyclic) bond motifs is 1. The van der Waals surface area contributed by atoms with Gasteiger partial charge in [0.1, 0.15) is 23.2 Å². The predicted octanol–water partition coefficient (Wildman–Crippen LogP) is 4.80. The van der Waals surface area contributed by atoms with Crippen LogP contribution in [0.5, 0.6) is 5.75 Å². The number of hydrogen-bond acceptors (Lipinski definition) is 6. The van der Waals surface area contributed by atoms with Gasteiger partial charge < -0.3 is 14.4 Å². The number of ether oxygens (including phenoxy) is 2. The van der Waals surface area contributed by atoms with Crippen LogP contribution in [0.2, 0.25) is 0 Å². The standard InChI is InChI=1S/C27H31FN2O5S/c1-17(2)34-24-15-27(35-23-7-6-21(28)14-22(23)24)9-11-30(12-10-27)26(31)19-5-8-25(20(13-19)16-29)36(32,33)18(3)4/h5-8,13-14,17-18,24H,9-12,15H2,1-4H3. The molecule has 36 heavy (non-hydrogen) atoms. The average Bonchev–Trinajstić information content (AvgIpc) is 2.83. The van der Waals surface area contributed by atoms with Gasteiger partial charge in [-0.1, -0.05) is 0 Å². The van der Waals surface area contributed by atoms with Gasteiger partial charge in [0.25, 0.3) is 5.91 Å². The number of likely N-dealkylation sites (tertiary alicyclic amines) is 1. The minimum absolute atomic E-state index is 0.0313. The van der Waals surface area contributed by atoms with Gasteiger partial charge in [-0.05, 0) is 64.1 Å². The van der Waals surface area contributed by atoms with Crippen molar-refractivity contribution in [1.29, 1.82) is 5.26 Å². The van der Waals surface area contributed by atoms with E-state index in [0.717, 1.165) is 0 Å². The summed E-state index contributed by atoms with van der Waals surface area (Å²) in [4.78, 5) is 14.9. The fourth-order valence-electron chi connectivity index (χ4n) is 4.90. The third-order valence-corrected chi connectivity index (χ3v) is 9.09. The predicted molar refractivity (Wildman–Crippen MR) is 132 cm³/mol. The van der Waals surface area contributed by atoms with E-state index < -0.39 is 20.7 Å². The van der Waals surface area contributed by atoms with Crippen LogP contribution in [0.3, 0.4) is 0 Å². The molecule has 1 spiro atoms. The first-order chi connectivity index (χ1) is 17.0. The first-order valence-corrected chi connectivity index (χ1v) is 13.7. The Morgan fingerprint density at radius 1 is 1.17 bits per heavy atom. The maximum Gasteiger partial charge on any atom is 0.253 e. The summed E-state index contributed by atoms with van der Waals surface area (Å²) >= 11 is 0. The number of halogens is 1. The molecule has 0 saturated carbocycles. The Kier molecular flexibility index (Phi) is 7.13. The molecule has 1 fully saturated rings. The molecule has 2 heterocycles. The molecule has 9 heteroatoms. The van der Waals surface area contributed by atoms with Crippen LogP contribution in [-0.4, -0.2) is 49.3 Å². The SMILES string of the molecule is CC(C)OC1CC2(CCN(C(=O)c3ccc(S(=O)(=O)C(C)C)c(C#N)c3)CC2)Oc2ccc(F)cc21. The van der Waals surface area contributed by atoms with Crippen LogP contribution in [0, 0.1) is 17.1 Å². The van der Waals surface area contributed by atoms with E-state index in [1.165, 1.54) is 30.3 Å². The van der Waals surface area contributed by atoms with E-state index in [2.05, 4.69) is 0 Å². The Balaban J connectivity index is 1.52. The highest BCUT2D eigenvalue weighted by atomic mass is 32.2. The van der Waals surface area contributed by atoms with E-state index >= 15 is 0 Å². The fraction of sp³-hybridized carbons (Fsp3) is 0.481. The van der Waals surface area contributed by atoms with Crippen molar-refractivity contribution in [2.75, 3.05) is 13.1 Å². The minimum Gasteiger partial charge on any atom is -0.487 e. The van der Waals surface area contributed by atoms with Crippen LogP contribution >= 0.6 is 0 Å². The van der Waals surface area contributed by atoms with E-state index in [-0.39, 0.29) is 40.0 Å². The Bertz CT molecular complexity index is 1310. The number of hydrogen-bond donors (Lipinski definition) is 0. The van der Waals surface area contributed by atoms with Crippen LogP contribution in [0.15, 0.2) is 41.3 Å². The third kappa shape index (κ3) is 4.97. The molecule has 1 atom stereocenters. The van der Waals surface area contributed by atoms with E-state index in [1.54, 1.807) is 24.8 Å². The van der Waals surface area contributed by atoms with Crippen LogP contribution in [0.4, 0.5) is 4.39 Å². The Hall–Kier alpha value is -2.96. The molecular formula is C27H31FN2O5S. The number of sulfone groups is 1. The van der Waals surface area contributed by atoms with Crippen molar-refractivity contribution >= 4 is 15.7 Å². The molecule has 192 valence electrons. The van der Waals surface area contributed by atoms with Crippen LogP contribution in [-0.2, 0) is 14.6 Å². The lowest BCUT2D eigenvalue weighted by Crippen LogP contribution is -2.52. The smallest absolute Gasteiger partial charge is 0.253 e. The topological polar surface area (TPSA) is 96.7 Å². The second-order valence-electron chi connectivity index (χ2n) is 10.1. The number of amides is 1. The zero-order chi connectivity index (χ0) is 26.3. The molecule has 4 rings (SSSR count). The molecule has 0 N–H and O–H groups in total. The molecule has 2 aromatic rings. The Morgan fingerprint density at radius 3 is 2.47 bits per heavy atom. The van der Waals surface area contributed by atoms with Gasteiger partial charge in [0, 0.05) is 43.5 Å². The number of benzene rings is 2. The van der Waals surface area contributed by atoms with E-state index in [1.807, 2.05) is 19.9 Å². The van der Waals surface area contributed by atoms with Gasteiger partial charge in [-0.3, -0.25) is 4.79 Å². The summed E-state index contributed by atoms with van der Waals surface area (Å²) in [6.07, 6.45) is 1.35. The van der Waals surface area contributed by atoms with Gasteiger partial charge >= 0.3 is 0 Å². The lowest BCUT2D eigenvalue weighted by atomic mass is 9.81. The highest BCUT2D eigenvalue weighted by Gasteiger charge is 2.45. The Labute approximate surface area is 211 Å². The first kappa shape index (κ1) is 26.1.